The van der Waals surface area contributed by atoms with E-state index < -0.39 is 0 Å². The molecular weight excluding hydrogens is 320 g/mol. The Morgan fingerprint density at radius 2 is 1.50 bits per heavy atom. The standard InChI is InChI=1S/C23H24N2O/c1-17-11-13-20(14-12-17)23(19-8-4-3-5-9-19)24-16-22(26)25-21-10-6-7-18(2)15-21/h3-15,23-24H,16H2,1-2H3,(H,25,26)/t23-/m1/s1. The zero-order valence-corrected chi connectivity index (χ0v) is 15.2. The Morgan fingerprint density at radius 3 is 2.19 bits per heavy atom. The van der Waals surface area contributed by atoms with Gasteiger partial charge in [-0.25, -0.2) is 0 Å². The van der Waals surface area contributed by atoms with Crippen LogP contribution in [0.5, 0.6) is 0 Å². The number of hydrogen-bond acceptors (Lipinski definition) is 2. The lowest BCUT2D eigenvalue weighted by atomic mass is 9.98. The second-order valence-electron chi connectivity index (χ2n) is 6.55. The molecule has 3 heteroatoms. The van der Waals surface area contributed by atoms with Crippen molar-refractivity contribution in [1.82, 2.24) is 5.32 Å². The summed E-state index contributed by atoms with van der Waals surface area (Å²) in [5.41, 5.74) is 5.45. The predicted octanol–water partition coefficient (Wildman–Crippen LogP) is 4.62. The Kier molecular flexibility index (Phi) is 5.82. The van der Waals surface area contributed by atoms with Gasteiger partial charge in [0.15, 0.2) is 0 Å². The Morgan fingerprint density at radius 1 is 0.808 bits per heavy atom. The molecule has 0 fully saturated rings. The smallest absolute Gasteiger partial charge is 0.238 e. The van der Waals surface area contributed by atoms with E-state index >= 15 is 0 Å². The highest BCUT2D eigenvalue weighted by Crippen LogP contribution is 2.22. The Bertz CT molecular complexity index is 857. The number of benzene rings is 3. The minimum atomic E-state index is -0.0522. The summed E-state index contributed by atoms with van der Waals surface area (Å²) in [6.07, 6.45) is 0. The number of carbonyl (C=O) groups is 1. The Balaban J connectivity index is 1.72. The minimum Gasteiger partial charge on any atom is -0.325 e. The van der Waals surface area contributed by atoms with Crippen molar-refractivity contribution in [3.63, 3.8) is 0 Å². The monoisotopic (exact) mass is 344 g/mol. The lowest BCUT2D eigenvalue weighted by Gasteiger charge is -2.20. The van der Waals surface area contributed by atoms with Crippen molar-refractivity contribution in [1.29, 1.82) is 0 Å². The molecule has 132 valence electrons. The van der Waals surface area contributed by atoms with E-state index in [0.29, 0.717) is 0 Å². The van der Waals surface area contributed by atoms with E-state index in [4.69, 9.17) is 0 Å². The molecule has 0 radical (unpaired) electrons. The van der Waals surface area contributed by atoms with Crippen LogP contribution >= 0.6 is 0 Å². The number of amides is 1. The molecule has 3 rings (SSSR count). The quantitative estimate of drug-likeness (QED) is 0.685. The van der Waals surface area contributed by atoms with Crippen LogP contribution in [0.1, 0.15) is 28.3 Å². The van der Waals surface area contributed by atoms with E-state index in [1.165, 1.54) is 5.56 Å². The molecule has 1 amide bonds. The van der Waals surface area contributed by atoms with E-state index in [1.807, 2.05) is 49.4 Å². The van der Waals surface area contributed by atoms with Crippen molar-refractivity contribution in [3.8, 4) is 0 Å². The van der Waals surface area contributed by atoms with Crippen LogP contribution < -0.4 is 10.6 Å². The average molecular weight is 344 g/mol. The molecule has 1 atom stereocenters. The second kappa shape index (κ2) is 8.45. The highest BCUT2D eigenvalue weighted by molar-refractivity contribution is 5.92. The summed E-state index contributed by atoms with van der Waals surface area (Å²) >= 11 is 0. The first-order valence-corrected chi connectivity index (χ1v) is 8.83. The van der Waals surface area contributed by atoms with Gasteiger partial charge in [-0.05, 0) is 42.7 Å². The second-order valence-corrected chi connectivity index (χ2v) is 6.55. The Hall–Kier alpha value is -2.91. The Labute approximate surface area is 155 Å². The largest absolute Gasteiger partial charge is 0.325 e. The highest BCUT2D eigenvalue weighted by Gasteiger charge is 2.15. The molecule has 3 aromatic rings. The maximum atomic E-state index is 12.4. The van der Waals surface area contributed by atoms with Crippen LogP contribution in [0.3, 0.4) is 0 Å². The maximum absolute atomic E-state index is 12.4. The molecular formula is C23H24N2O. The van der Waals surface area contributed by atoms with Gasteiger partial charge in [0.1, 0.15) is 0 Å². The summed E-state index contributed by atoms with van der Waals surface area (Å²) in [7, 11) is 0. The first kappa shape index (κ1) is 17.9. The summed E-state index contributed by atoms with van der Waals surface area (Å²) in [5.74, 6) is -0.0522. The van der Waals surface area contributed by atoms with Gasteiger partial charge in [0, 0.05) is 5.69 Å². The SMILES string of the molecule is Cc1ccc([C@H](NCC(=O)Nc2cccc(C)c2)c2ccccc2)cc1. The molecule has 3 aromatic carbocycles. The zero-order valence-electron chi connectivity index (χ0n) is 15.2. The molecule has 3 nitrogen and oxygen atoms in total. The van der Waals surface area contributed by atoms with E-state index in [-0.39, 0.29) is 18.5 Å². The predicted molar refractivity (Wildman–Crippen MR) is 107 cm³/mol. The van der Waals surface area contributed by atoms with Crippen LogP contribution in [0.25, 0.3) is 0 Å². The van der Waals surface area contributed by atoms with Gasteiger partial charge >= 0.3 is 0 Å². The molecule has 0 aromatic heterocycles. The minimum absolute atomic E-state index is 0.0277. The topological polar surface area (TPSA) is 41.1 Å². The summed E-state index contributed by atoms with van der Waals surface area (Å²) in [4.78, 5) is 12.4. The van der Waals surface area contributed by atoms with Crippen molar-refractivity contribution >= 4 is 11.6 Å². The fraction of sp³-hybridized carbons (Fsp3) is 0.174. The lowest BCUT2D eigenvalue weighted by Crippen LogP contribution is -2.31. The van der Waals surface area contributed by atoms with Crippen molar-refractivity contribution in [2.75, 3.05) is 11.9 Å². The van der Waals surface area contributed by atoms with Gasteiger partial charge in [0.2, 0.25) is 5.91 Å². The number of rotatable bonds is 6. The summed E-state index contributed by atoms with van der Waals surface area (Å²) in [6, 6.07) is 26.4. The molecule has 0 aliphatic heterocycles. The molecule has 0 bridgehead atoms. The molecule has 0 aliphatic rings. The van der Waals surface area contributed by atoms with Gasteiger partial charge in [-0.2, -0.15) is 0 Å². The first-order chi connectivity index (χ1) is 12.6. The van der Waals surface area contributed by atoms with Crippen LogP contribution in [-0.2, 0) is 4.79 Å². The maximum Gasteiger partial charge on any atom is 0.238 e. The third-order valence-corrected chi connectivity index (χ3v) is 4.31. The van der Waals surface area contributed by atoms with Crippen LogP contribution in [0.2, 0.25) is 0 Å². The molecule has 0 spiro atoms. The number of hydrogen-bond donors (Lipinski definition) is 2. The van der Waals surface area contributed by atoms with E-state index in [2.05, 4.69) is 54.0 Å². The number of carbonyl (C=O) groups excluding carboxylic acids is 1. The summed E-state index contributed by atoms with van der Waals surface area (Å²) in [5, 5.41) is 6.34. The van der Waals surface area contributed by atoms with Crippen molar-refractivity contribution in [2.45, 2.75) is 19.9 Å². The summed E-state index contributed by atoms with van der Waals surface area (Å²) < 4.78 is 0. The zero-order chi connectivity index (χ0) is 18.4. The van der Waals surface area contributed by atoms with Crippen LogP contribution in [0.15, 0.2) is 78.9 Å². The van der Waals surface area contributed by atoms with E-state index in [9.17, 15) is 4.79 Å². The van der Waals surface area contributed by atoms with E-state index in [1.54, 1.807) is 0 Å². The fourth-order valence-corrected chi connectivity index (χ4v) is 2.96. The van der Waals surface area contributed by atoms with Crippen LogP contribution in [-0.4, -0.2) is 12.5 Å². The molecule has 0 unspecified atom stereocenters. The average Bonchev–Trinajstić information content (AvgIpc) is 2.64. The molecule has 0 heterocycles. The van der Waals surface area contributed by atoms with Gasteiger partial charge in [-0.15, -0.1) is 0 Å². The van der Waals surface area contributed by atoms with Crippen molar-refractivity contribution < 1.29 is 4.79 Å². The lowest BCUT2D eigenvalue weighted by molar-refractivity contribution is -0.115. The van der Waals surface area contributed by atoms with Gasteiger partial charge in [0.25, 0.3) is 0 Å². The van der Waals surface area contributed by atoms with Gasteiger partial charge in [-0.1, -0.05) is 72.3 Å². The third-order valence-electron chi connectivity index (χ3n) is 4.31. The number of anilines is 1. The third kappa shape index (κ3) is 4.80. The molecule has 0 aliphatic carbocycles. The van der Waals surface area contributed by atoms with Gasteiger partial charge < -0.3 is 5.32 Å². The van der Waals surface area contributed by atoms with Crippen molar-refractivity contribution in [3.05, 3.63) is 101 Å². The first-order valence-electron chi connectivity index (χ1n) is 8.83. The van der Waals surface area contributed by atoms with Gasteiger partial charge in [0.05, 0.1) is 12.6 Å². The molecule has 0 saturated heterocycles. The molecule has 26 heavy (non-hydrogen) atoms. The normalized spacial score (nSPS) is 11.8. The van der Waals surface area contributed by atoms with Gasteiger partial charge in [-0.3, -0.25) is 10.1 Å². The molecule has 0 saturated carbocycles. The number of nitrogens with one attached hydrogen (secondary N) is 2. The van der Waals surface area contributed by atoms with Crippen LogP contribution in [0.4, 0.5) is 5.69 Å². The van der Waals surface area contributed by atoms with E-state index in [0.717, 1.165) is 22.4 Å². The molecule has 2 N–H and O–H groups in total. The van der Waals surface area contributed by atoms with Crippen molar-refractivity contribution in [2.24, 2.45) is 0 Å². The van der Waals surface area contributed by atoms with Crippen LogP contribution in [0, 0.1) is 13.8 Å². The summed E-state index contributed by atoms with van der Waals surface area (Å²) in [6.45, 7) is 4.32. The fourth-order valence-electron chi connectivity index (χ4n) is 2.96. The highest BCUT2D eigenvalue weighted by atomic mass is 16.1. The number of aryl methyl sites for hydroxylation is 2.